The van der Waals surface area contributed by atoms with Crippen molar-refractivity contribution in [3.8, 4) is 0 Å². The van der Waals surface area contributed by atoms with E-state index in [0.29, 0.717) is 39.7 Å². The third-order valence-electron chi connectivity index (χ3n) is 3.91. The van der Waals surface area contributed by atoms with Gasteiger partial charge >= 0.3 is 0 Å². The van der Waals surface area contributed by atoms with Crippen molar-refractivity contribution in [2.45, 2.75) is 44.9 Å². The van der Waals surface area contributed by atoms with Gasteiger partial charge < -0.3 is 4.42 Å². The third kappa shape index (κ3) is 5.70. The smallest absolute Gasteiger partial charge is 0.233 e. The molecule has 2 rings (SSSR count). The topological polar surface area (TPSA) is 79.5 Å². The lowest BCUT2D eigenvalue weighted by Crippen LogP contribution is -2.24. The molecule has 8 heteroatoms. The second-order valence-corrected chi connectivity index (χ2v) is 6.65. The summed E-state index contributed by atoms with van der Waals surface area (Å²) in [5.74, 6) is 0.570. The predicted molar refractivity (Wildman–Crippen MR) is 95.0 cm³/mol. The standard InChI is InChI=1S/C17H21Cl2N3O3/c1-2-3-4-6-12(10-22(24)11-23)17-21-20-16(25-17)9-13-14(18)7-5-8-15(13)19/h5,7-8,11-12,24H,2-4,6,9-10H2,1H3. The Morgan fingerprint density at radius 1 is 1.28 bits per heavy atom. The van der Waals surface area contributed by atoms with Crippen LogP contribution in [0.4, 0.5) is 0 Å². The van der Waals surface area contributed by atoms with Crippen molar-refractivity contribution >= 4 is 29.6 Å². The minimum atomic E-state index is -0.218. The number of hydroxylamine groups is 2. The second kappa shape index (κ2) is 9.75. The van der Waals surface area contributed by atoms with E-state index in [1.807, 2.05) is 0 Å². The molecule has 0 spiro atoms. The molecule has 2 aromatic rings. The Morgan fingerprint density at radius 3 is 2.64 bits per heavy atom. The van der Waals surface area contributed by atoms with Crippen LogP contribution in [0.3, 0.4) is 0 Å². The van der Waals surface area contributed by atoms with Crippen LogP contribution in [0, 0.1) is 0 Å². The van der Waals surface area contributed by atoms with Crippen LogP contribution in [0.25, 0.3) is 0 Å². The quantitative estimate of drug-likeness (QED) is 0.282. The Kier molecular flexibility index (Phi) is 7.68. The van der Waals surface area contributed by atoms with Crippen molar-refractivity contribution in [2.75, 3.05) is 6.54 Å². The molecule has 1 aromatic carbocycles. The molecule has 0 saturated heterocycles. The van der Waals surface area contributed by atoms with E-state index in [0.717, 1.165) is 31.2 Å². The van der Waals surface area contributed by atoms with Gasteiger partial charge in [0.1, 0.15) is 0 Å². The molecule has 1 unspecified atom stereocenters. The summed E-state index contributed by atoms with van der Waals surface area (Å²) in [5.41, 5.74) is 0.722. The monoisotopic (exact) mass is 385 g/mol. The maximum absolute atomic E-state index is 10.7. The van der Waals surface area contributed by atoms with Crippen molar-refractivity contribution < 1.29 is 14.4 Å². The highest BCUT2D eigenvalue weighted by Crippen LogP contribution is 2.28. The number of rotatable bonds is 10. The lowest BCUT2D eigenvalue weighted by atomic mass is 10.0. The second-order valence-electron chi connectivity index (χ2n) is 5.83. The molecule has 1 aromatic heterocycles. The predicted octanol–water partition coefficient (Wildman–Crippen LogP) is 4.48. The summed E-state index contributed by atoms with van der Waals surface area (Å²) in [4.78, 5) is 10.7. The fourth-order valence-electron chi connectivity index (χ4n) is 2.56. The van der Waals surface area contributed by atoms with Gasteiger partial charge in [-0.15, -0.1) is 10.2 Å². The zero-order chi connectivity index (χ0) is 18.2. The van der Waals surface area contributed by atoms with Gasteiger partial charge in [0, 0.05) is 10.0 Å². The zero-order valence-corrected chi connectivity index (χ0v) is 15.5. The van der Waals surface area contributed by atoms with E-state index < -0.39 is 0 Å². The number of halogens is 2. The average Bonchev–Trinajstić information content (AvgIpc) is 3.06. The summed E-state index contributed by atoms with van der Waals surface area (Å²) in [7, 11) is 0. The van der Waals surface area contributed by atoms with Crippen LogP contribution in [-0.2, 0) is 11.2 Å². The number of hydrogen-bond donors (Lipinski definition) is 1. The maximum Gasteiger partial charge on any atom is 0.233 e. The van der Waals surface area contributed by atoms with Gasteiger partial charge in [0.2, 0.25) is 18.2 Å². The van der Waals surface area contributed by atoms with Crippen LogP contribution in [0.5, 0.6) is 0 Å². The van der Waals surface area contributed by atoms with E-state index in [4.69, 9.17) is 27.6 Å². The van der Waals surface area contributed by atoms with Crippen LogP contribution in [0.1, 0.15) is 55.9 Å². The molecule has 0 aliphatic carbocycles. The fraction of sp³-hybridized carbons (Fsp3) is 0.471. The average molecular weight is 386 g/mol. The van der Waals surface area contributed by atoms with Gasteiger partial charge in [0.05, 0.1) is 18.9 Å². The van der Waals surface area contributed by atoms with Gasteiger partial charge in [-0.25, -0.2) is 5.06 Å². The van der Waals surface area contributed by atoms with Crippen LogP contribution < -0.4 is 0 Å². The Bertz CT molecular complexity index is 673. The first kappa shape index (κ1) is 19.7. The van der Waals surface area contributed by atoms with Gasteiger partial charge in [0.25, 0.3) is 0 Å². The molecule has 1 heterocycles. The number of benzene rings is 1. The Balaban J connectivity index is 2.13. The van der Waals surface area contributed by atoms with Crippen molar-refractivity contribution in [3.05, 3.63) is 45.6 Å². The van der Waals surface area contributed by atoms with Crippen LogP contribution in [0.2, 0.25) is 10.0 Å². The molecule has 0 radical (unpaired) electrons. The molecule has 0 aliphatic heterocycles. The Labute approximate surface area is 156 Å². The van der Waals surface area contributed by atoms with E-state index in [-0.39, 0.29) is 12.5 Å². The van der Waals surface area contributed by atoms with Crippen molar-refractivity contribution in [3.63, 3.8) is 0 Å². The molecule has 1 N–H and O–H groups in total. The molecule has 6 nitrogen and oxygen atoms in total. The summed E-state index contributed by atoms with van der Waals surface area (Å²) in [6, 6.07) is 5.27. The minimum Gasteiger partial charge on any atom is -0.425 e. The molecule has 25 heavy (non-hydrogen) atoms. The molecular formula is C17H21Cl2N3O3. The van der Waals surface area contributed by atoms with Crippen molar-refractivity contribution in [1.82, 2.24) is 15.3 Å². The lowest BCUT2D eigenvalue weighted by Gasteiger charge is -2.16. The number of carbonyl (C=O) groups is 1. The number of unbranched alkanes of at least 4 members (excludes halogenated alkanes) is 2. The number of hydrogen-bond acceptors (Lipinski definition) is 5. The van der Waals surface area contributed by atoms with Gasteiger partial charge in [-0.05, 0) is 24.1 Å². The fourth-order valence-corrected chi connectivity index (χ4v) is 3.09. The van der Waals surface area contributed by atoms with Gasteiger partial charge in [-0.3, -0.25) is 10.0 Å². The summed E-state index contributed by atoms with van der Waals surface area (Å²) in [6.07, 6.45) is 4.51. The van der Waals surface area contributed by atoms with Crippen molar-refractivity contribution in [2.24, 2.45) is 0 Å². The number of carbonyl (C=O) groups excluding carboxylic acids is 1. The highest BCUT2D eigenvalue weighted by atomic mass is 35.5. The highest BCUT2D eigenvalue weighted by Gasteiger charge is 2.21. The van der Waals surface area contributed by atoms with Crippen LogP contribution in [-0.4, -0.2) is 33.4 Å². The largest absolute Gasteiger partial charge is 0.425 e. The lowest BCUT2D eigenvalue weighted by molar-refractivity contribution is -0.151. The molecular weight excluding hydrogens is 365 g/mol. The Hall–Kier alpha value is -1.63. The SMILES string of the molecule is CCCCCC(CN(O)C=O)c1nnc(Cc2c(Cl)cccc2Cl)o1. The molecule has 0 saturated carbocycles. The van der Waals surface area contributed by atoms with Crippen LogP contribution in [0.15, 0.2) is 22.6 Å². The molecule has 0 bridgehead atoms. The van der Waals surface area contributed by atoms with Gasteiger partial charge in [-0.1, -0.05) is 55.5 Å². The summed E-state index contributed by atoms with van der Waals surface area (Å²) in [6.45, 7) is 2.22. The van der Waals surface area contributed by atoms with E-state index in [9.17, 15) is 10.0 Å². The van der Waals surface area contributed by atoms with Gasteiger partial charge in [0.15, 0.2) is 0 Å². The van der Waals surface area contributed by atoms with E-state index in [1.165, 1.54) is 0 Å². The number of aromatic nitrogens is 2. The first-order valence-electron chi connectivity index (χ1n) is 8.21. The van der Waals surface area contributed by atoms with Crippen LogP contribution >= 0.6 is 23.2 Å². The third-order valence-corrected chi connectivity index (χ3v) is 4.61. The highest BCUT2D eigenvalue weighted by molar-refractivity contribution is 6.36. The molecule has 136 valence electrons. The summed E-state index contributed by atoms with van der Waals surface area (Å²) >= 11 is 12.3. The molecule has 0 fully saturated rings. The number of nitrogens with zero attached hydrogens (tertiary/aromatic N) is 3. The van der Waals surface area contributed by atoms with E-state index in [2.05, 4.69) is 17.1 Å². The van der Waals surface area contributed by atoms with E-state index >= 15 is 0 Å². The van der Waals surface area contributed by atoms with Gasteiger partial charge in [-0.2, -0.15) is 0 Å². The zero-order valence-electron chi connectivity index (χ0n) is 14.0. The maximum atomic E-state index is 10.7. The first-order valence-corrected chi connectivity index (χ1v) is 8.96. The molecule has 1 amide bonds. The summed E-state index contributed by atoms with van der Waals surface area (Å²) < 4.78 is 5.74. The molecule has 0 aliphatic rings. The summed E-state index contributed by atoms with van der Waals surface area (Å²) in [5, 5.41) is 19.3. The van der Waals surface area contributed by atoms with E-state index in [1.54, 1.807) is 18.2 Å². The minimum absolute atomic E-state index is 0.113. The Morgan fingerprint density at radius 2 is 2.00 bits per heavy atom. The normalized spacial score (nSPS) is 12.2. The number of amides is 1. The molecule has 1 atom stereocenters. The van der Waals surface area contributed by atoms with Crippen molar-refractivity contribution in [1.29, 1.82) is 0 Å². The first-order chi connectivity index (χ1) is 12.0.